The first-order valence-electron chi connectivity index (χ1n) is 6.60. The number of imidazole rings is 1. The predicted molar refractivity (Wildman–Crippen MR) is 80.3 cm³/mol. The zero-order chi connectivity index (χ0) is 14.2. The molecular weight excluding hydrogens is 272 g/mol. The van der Waals surface area contributed by atoms with Crippen molar-refractivity contribution in [2.24, 2.45) is 0 Å². The maximum absolute atomic E-state index is 4.62. The second-order valence-electron chi connectivity index (χ2n) is 5.71. The quantitative estimate of drug-likeness (QED) is 0.801. The van der Waals surface area contributed by atoms with E-state index in [1.807, 2.05) is 27.7 Å². The molecule has 7 heteroatoms. The highest BCUT2D eigenvalue weighted by molar-refractivity contribution is 7.20. The lowest BCUT2D eigenvalue weighted by Gasteiger charge is -2.13. The van der Waals surface area contributed by atoms with E-state index in [1.54, 1.807) is 17.5 Å². The molecule has 0 aromatic carbocycles. The predicted octanol–water partition coefficient (Wildman–Crippen LogP) is 2.40. The zero-order valence-corrected chi connectivity index (χ0v) is 12.7. The van der Waals surface area contributed by atoms with Crippen LogP contribution in [0.25, 0.3) is 4.96 Å². The van der Waals surface area contributed by atoms with Crippen molar-refractivity contribution in [2.45, 2.75) is 32.7 Å². The van der Waals surface area contributed by atoms with E-state index in [-0.39, 0.29) is 5.41 Å². The van der Waals surface area contributed by atoms with Crippen molar-refractivity contribution in [1.82, 2.24) is 24.4 Å². The highest BCUT2D eigenvalue weighted by atomic mass is 32.1. The van der Waals surface area contributed by atoms with Crippen LogP contribution in [0.15, 0.2) is 24.7 Å². The average molecular weight is 290 g/mol. The topological polar surface area (TPSA) is 60.0 Å². The van der Waals surface area contributed by atoms with Gasteiger partial charge in [-0.2, -0.15) is 5.10 Å². The van der Waals surface area contributed by atoms with E-state index < -0.39 is 0 Å². The fraction of sp³-hybridized carbons (Fsp3) is 0.462. The van der Waals surface area contributed by atoms with Crippen molar-refractivity contribution in [3.63, 3.8) is 0 Å². The highest BCUT2D eigenvalue weighted by Gasteiger charge is 2.19. The summed E-state index contributed by atoms with van der Waals surface area (Å²) in [7, 11) is 0. The minimum absolute atomic E-state index is 0.0567. The summed E-state index contributed by atoms with van der Waals surface area (Å²) < 4.78 is 3.74. The molecule has 106 valence electrons. The fourth-order valence-corrected chi connectivity index (χ4v) is 2.65. The van der Waals surface area contributed by atoms with Crippen molar-refractivity contribution in [2.75, 3.05) is 11.9 Å². The molecular formula is C13H18N6S. The normalized spacial score (nSPS) is 12.2. The SMILES string of the molecule is CC(C)(C)c1cn2nc(NCCn3cccn3)sc2n1. The second kappa shape index (κ2) is 4.90. The van der Waals surface area contributed by atoms with Gasteiger partial charge in [-0.1, -0.05) is 32.1 Å². The van der Waals surface area contributed by atoms with Gasteiger partial charge in [-0.15, -0.1) is 5.10 Å². The van der Waals surface area contributed by atoms with Gasteiger partial charge in [0.15, 0.2) is 0 Å². The van der Waals surface area contributed by atoms with Crippen LogP contribution in [0, 0.1) is 0 Å². The van der Waals surface area contributed by atoms with Crippen LogP contribution in [-0.4, -0.2) is 30.9 Å². The molecule has 0 unspecified atom stereocenters. The summed E-state index contributed by atoms with van der Waals surface area (Å²) in [5.41, 5.74) is 1.13. The van der Waals surface area contributed by atoms with Gasteiger partial charge in [0.2, 0.25) is 10.1 Å². The van der Waals surface area contributed by atoms with Gasteiger partial charge >= 0.3 is 0 Å². The molecule has 0 saturated heterocycles. The third-order valence-corrected chi connectivity index (χ3v) is 3.87. The van der Waals surface area contributed by atoms with Crippen LogP contribution in [0.4, 0.5) is 5.13 Å². The number of hydrogen-bond donors (Lipinski definition) is 1. The van der Waals surface area contributed by atoms with E-state index >= 15 is 0 Å². The van der Waals surface area contributed by atoms with E-state index in [2.05, 4.69) is 41.3 Å². The van der Waals surface area contributed by atoms with E-state index in [4.69, 9.17) is 0 Å². The molecule has 0 bridgehead atoms. The van der Waals surface area contributed by atoms with Gasteiger partial charge in [0.25, 0.3) is 0 Å². The molecule has 6 nitrogen and oxygen atoms in total. The number of hydrogen-bond acceptors (Lipinski definition) is 5. The minimum atomic E-state index is 0.0567. The smallest absolute Gasteiger partial charge is 0.214 e. The lowest BCUT2D eigenvalue weighted by Crippen LogP contribution is -2.12. The van der Waals surface area contributed by atoms with Gasteiger partial charge in [0.1, 0.15) is 0 Å². The molecule has 0 saturated carbocycles. The van der Waals surface area contributed by atoms with Crippen molar-refractivity contribution in [1.29, 1.82) is 0 Å². The lowest BCUT2D eigenvalue weighted by molar-refractivity contribution is 0.572. The summed E-state index contributed by atoms with van der Waals surface area (Å²) in [4.78, 5) is 5.55. The van der Waals surface area contributed by atoms with Crippen molar-refractivity contribution in [3.8, 4) is 0 Å². The second-order valence-corrected chi connectivity index (χ2v) is 6.66. The van der Waals surface area contributed by atoms with Crippen LogP contribution in [0.3, 0.4) is 0 Å². The molecule has 3 rings (SSSR count). The summed E-state index contributed by atoms with van der Waals surface area (Å²) >= 11 is 1.57. The first kappa shape index (κ1) is 13.1. The van der Waals surface area contributed by atoms with Gasteiger partial charge in [-0.05, 0) is 6.07 Å². The maximum Gasteiger partial charge on any atom is 0.214 e. The molecule has 0 spiro atoms. The van der Waals surface area contributed by atoms with Crippen LogP contribution in [0.1, 0.15) is 26.5 Å². The Kier molecular flexibility index (Phi) is 3.21. The van der Waals surface area contributed by atoms with Crippen LogP contribution < -0.4 is 5.32 Å². The summed E-state index contributed by atoms with van der Waals surface area (Å²) in [6, 6.07) is 1.92. The minimum Gasteiger partial charge on any atom is -0.358 e. The highest BCUT2D eigenvalue weighted by Crippen LogP contribution is 2.25. The Hall–Kier alpha value is -1.89. The molecule has 0 aliphatic heterocycles. The third-order valence-electron chi connectivity index (χ3n) is 2.99. The van der Waals surface area contributed by atoms with Gasteiger partial charge in [0, 0.05) is 24.4 Å². The van der Waals surface area contributed by atoms with Crippen molar-refractivity contribution >= 4 is 21.4 Å². The Bertz CT molecular complexity index is 657. The Morgan fingerprint density at radius 1 is 1.35 bits per heavy atom. The number of anilines is 1. The van der Waals surface area contributed by atoms with Gasteiger partial charge in [0.05, 0.1) is 18.4 Å². The standard InChI is InChI=1S/C13H18N6S/c1-13(2,3)10-9-19-12(16-10)20-11(17-19)14-6-8-18-7-4-5-15-18/h4-5,7,9H,6,8H2,1-3H3,(H,14,17). The monoisotopic (exact) mass is 290 g/mol. The molecule has 3 aromatic rings. The Balaban J connectivity index is 1.66. The van der Waals surface area contributed by atoms with Crippen LogP contribution in [0.5, 0.6) is 0 Å². The molecule has 1 N–H and O–H groups in total. The maximum atomic E-state index is 4.62. The molecule has 3 aromatic heterocycles. The first-order chi connectivity index (χ1) is 9.52. The Morgan fingerprint density at radius 3 is 2.85 bits per heavy atom. The van der Waals surface area contributed by atoms with E-state index in [0.717, 1.165) is 28.9 Å². The average Bonchev–Trinajstić information content (AvgIpc) is 3.01. The van der Waals surface area contributed by atoms with Crippen molar-refractivity contribution < 1.29 is 0 Å². The number of fused-ring (bicyclic) bond motifs is 1. The zero-order valence-electron chi connectivity index (χ0n) is 11.9. The van der Waals surface area contributed by atoms with Crippen LogP contribution in [-0.2, 0) is 12.0 Å². The number of nitrogens with zero attached hydrogens (tertiary/aromatic N) is 5. The number of rotatable bonds is 4. The molecule has 0 aliphatic rings. The summed E-state index contributed by atoms with van der Waals surface area (Å²) in [5.74, 6) is 0. The largest absolute Gasteiger partial charge is 0.358 e. The third kappa shape index (κ3) is 2.67. The van der Waals surface area contributed by atoms with E-state index in [1.165, 1.54) is 0 Å². The molecule has 0 aliphatic carbocycles. The molecule has 3 heterocycles. The van der Waals surface area contributed by atoms with Crippen LogP contribution in [0.2, 0.25) is 0 Å². The van der Waals surface area contributed by atoms with Gasteiger partial charge < -0.3 is 5.32 Å². The molecule has 20 heavy (non-hydrogen) atoms. The van der Waals surface area contributed by atoms with Gasteiger partial charge in [-0.25, -0.2) is 9.50 Å². The number of aromatic nitrogens is 5. The molecule has 0 amide bonds. The summed E-state index contributed by atoms with van der Waals surface area (Å²) in [6.07, 6.45) is 5.74. The van der Waals surface area contributed by atoms with Crippen LogP contribution >= 0.6 is 11.3 Å². The van der Waals surface area contributed by atoms with E-state index in [0.29, 0.717) is 0 Å². The van der Waals surface area contributed by atoms with Crippen molar-refractivity contribution in [3.05, 3.63) is 30.4 Å². The van der Waals surface area contributed by atoms with Gasteiger partial charge in [-0.3, -0.25) is 4.68 Å². The molecule has 0 radical (unpaired) electrons. The van der Waals surface area contributed by atoms with E-state index in [9.17, 15) is 0 Å². The summed E-state index contributed by atoms with van der Waals surface area (Å²) in [5, 5.41) is 12.8. The lowest BCUT2D eigenvalue weighted by atomic mass is 9.93. The first-order valence-corrected chi connectivity index (χ1v) is 7.42. The summed E-state index contributed by atoms with van der Waals surface area (Å²) in [6.45, 7) is 8.08. The molecule has 0 fully saturated rings. The number of nitrogens with one attached hydrogen (secondary N) is 1. The Labute approximate surface area is 121 Å². The Morgan fingerprint density at radius 2 is 2.20 bits per heavy atom. The molecule has 0 atom stereocenters. The fourth-order valence-electron chi connectivity index (χ4n) is 1.84.